The number of fused-ring (bicyclic) bond motifs is 1. The Bertz CT molecular complexity index is 1010. The van der Waals surface area contributed by atoms with Crippen LogP contribution >= 0.6 is 11.3 Å². The van der Waals surface area contributed by atoms with E-state index in [2.05, 4.69) is 36.7 Å². The lowest BCUT2D eigenvalue weighted by Gasteiger charge is -2.04. The maximum atomic E-state index is 12.5. The van der Waals surface area contributed by atoms with Gasteiger partial charge in [-0.1, -0.05) is 42.5 Å². The van der Waals surface area contributed by atoms with Crippen LogP contribution in [0.25, 0.3) is 10.2 Å². The Hall–Kier alpha value is -2.66. The molecule has 1 aromatic heterocycles. The maximum Gasteiger partial charge on any atom is 0.252 e. The molecule has 27 heavy (non-hydrogen) atoms. The standard InChI is InChI=1S/C22H24N2O2S/c1-4-13-24-19-12-9-16(5-2)14-20(19)27-22(24)23-21(25)15-17-7-10-18(11-8-17)26-6-3/h4,7-12,14H,1,5-6,13,15H2,2-3H3. The molecule has 1 heterocycles. The summed E-state index contributed by atoms with van der Waals surface area (Å²) in [6.07, 6.45) is 3.09. The van der Waals surface area contributed by atoms with Gasteiger partial charge in [0.05, 0.1) is 23.2 Å². The summed E-state index contributed by atoms with van der Waals surface area (Å²) in [6, 6.07) is 14.0. The number of carbonyl (C=O) groups is 1. The van der Waals surface area contributed by atoms with E-state index in [9.17, 15) is 4.79 Å². The molecule has 1 amide bonds. The normalized spacial score (nSPS) is 11.7. The second-order valence-corrected chi connectivity index (χ2v) is 7.21. The highest BCUT2D eigenvalue weighted by molar-refractivity contribution is 7.16. The molecule has 0 N–H and O–H groups in total. The number of hydrogen-bond donors (Lipinski definition) is 0. The van der Waals surface area contributed by atoms with Gasteiger partial charge in [0.25, 0.3) is 5.91 Å². The number of nitrogens with zero attached hydrogens (tertiary/aromatic N) is 2. The van der Waals surface area contributed by atoms with E-state index in [1.54, 1.807) is 11.3 Å². The number of thiazole rings is 1. The lowest BCUT2D eigenvalue weighted by atomic mass is 10.1. The summed E-state index contributed by atoms with van der Waals surface area (Å²) >= 11 is 1.55. The summed E-state index contributed by atoms with van der Waals surface area (Å²) in [4.78, 5) is 17.6. The first kappa shape index (κ1) is 19.1. The van der Waals surface area contributed by atoms with E-state index in [0.29, 0.717) is 18.0 Å². The van der Waals surface area contributed by atoms with Crippen LogP contribution in [-0.2, 0) is 24.2 Å². The van der Waals surface area contributed by atoms with Gasteiger partial charge in [0, 0.05) is 6.54 Å². The molecule has 0 bridgehead atoms. The Morgan fingerprint density at radius 1 is 1.19 bits per heavy atom. The van der Waals surface area contributed by atoms with Crippen LogP contribution in [0.3, 0.4) is 0 Å². The number of allylic oxidation sites excluding steroid dienone is 1. The molecular formula is C22H24N2O2S. The van der Waals surface area contributed by atoms with E-state index in [0.717, 1.165) is 28.0 Å². The van der Waals surface area contributed by atoms with Crippen LogP contribution in [0.2, 0.25) is 0 Å². The van der Waals surface area contributed by atoms with Crippen LogP contribution in [0.1, 0.15) is 25.0 Å². The molecule has 3 rings (SSSR count). The van der Waals surface area contributed by atoms with Crippen LogP contribution in [0.4, 0.5) is 0 Å². The van der Waals surface area contributed by atoms with Gasteiger partial charge in [-0.2, -0.15) is 4.99 Å². The van der Waals surface area contributed by atoms with Crippen LogP contribution in [0, 0.1) is 0 Å². The summed E-state index contributed by atoms with van der Waals surface area (Å²) in [5.41, 5.74) is 3.29. The lowest BCUT2D eigenvalue weighted by Crippen LogP contribution is -2.16. The highest BCUT2D eigenvalue weighted by Gasteiger charge is 2.08. The van der Waals surface area contributed by atoms with E-state index in [1.807, 2.05) is 41.8 Å². The van der Waals surface area contributed by atoms with Crippen LogP contribution < -0.4 is 9.54 Å². The summed E-state index contributed by atoms with van der Waals surface area (Å²) in [7, 11) is 0. The molecule has 0 spiro atoms. The smallest absolute Gasteiger partial charge is 0.252 e. The molecule has 4 nitrogen and oxygen atoms in total. The zero-order valence-corrected chi connectivity index (χ0v) is 16.6. The third-order valence-electron chi connectivity index (χ3n) is 4.28. The molecule has 2 aromatic carbocycles. The number of rotatable bonds is 7. The van der Waals surface area contributed by atoms with Crippen molar-refractivity contribution in [1.82, 2.24) is 4.57 Å². The van der Waals surface area contributed by atoms with Crippen molar-refractivity contribution < 1.29 is 9.53 Å². The predicted octanol–water partition coefficient (Wildman–Crippen LogP) is 4.52. The number of hydrogen-bond acceptors (Lipinski definition) is 3. The molecular weight excluding hydrogens is 356 g/mol. The zero-order chi connectivity index (χ0) is 19.2. The second-order valence-electron chi connectivity index (χ2n) is 6.20. The van der Waals surface area contributed by atoms with E-state index in [1.165, 1.54) is 5.56 Å². The van der Waals surface area contributed by atoms with E-state index in [-0.39, 0.29) is 12.3 Å². The van der Waals surface area contributed by atoms with Crippen molar-refractivity contribution in [3.05, 3.63) is 71.0 Å². The van der Waals surface area contributed by atoms with E-state index >= 15 is 0 Å². The Balaban J connectivity index is 1.90. The van der Waals surface area contributed by atoms with Crippen molar-refractivity contribution >= 4 is 27.5 Å². The Morgan fingerprint density at radius 2 is 1.93 bits per heavy atom. The SMILES string of the molecule is C=CCn1c(=NC(=O)Cc2ccc(OCC)cc2)sc2cc(CC)ccc21. The number of aryl methyl sites for hydroxylation is 1. The Kier molecular flexibility index (Phi) is 6.24. The van der Waals surface area contributed by atoms with Gasteiger partial charge < -0.3 is 9.30 Å². The highest BCUT2D eigenvalue weighted by Crippen LogP contribution is 2.20. The predicted molar refractivity (Wildman–Crippen MR) is 111 cm³/mol. The third-order valence-corrected chi connectivity index (χ3v) is 5.32. The van der Waals surface area contributed by atoms with Gasteiger partial charge in [0.15, 0.2) is 4.80 Å². The molecule has 5 heteroatoms. The molecule has 0 radical (unpaired) electrons. The molecule has 0 aliphatic heterocycles. The minimum atomic E-state index is -0.153. The monoisotopic (exact) mass is 380 g/mol. The molecule has 0 saturated heterocycles. The van der Waals surface area contributed by atoms with Gasteiger partial charge in [-0.15, -0.1) is 6.58 Å². The minimum absolute atomic E-state index is 0.153. The highest BCUT2D eigenvalue weighted by atomic mass is 32.1. The largest absolute Gasteiger partial charge is 0.494 e. The molecule has 0 atom stereocenters. The van der Waals surface area contributed by atoms with E-state index < -0.39 is 0 Å². The van der Waals surface area contributed by atoms with Crippen LogP contribution in [-0.4, -0.2) is 17.1 Å². The average Bonchev–Trinajstić information content (AvgIpc) is 3.00. The summed E-state index contributed by atoms with van der Waals surface area (Å²) in [5.74, 6) is 0.657. The fraction of sp³-hybridized carbons (Fsp3) is 0.273. The number of aromatic nitrogens is 1. The van der Waals surface area contributed by atoms with Gasteiger partial charge in [0.1, 0.15) is 5.75 Å². The first-order valence-electron chi connectivity index (χ1n) is 9.17. The first-order chi connectivity index (χ1) is 13.1. The maximum absolute atomic E-state index is 12.5. The van der Waals surface area contributed by atoms with Gasteiger partial charge in [0.2, 0.25) is 0 Å². The average molecular weight is 381 g/mol. The second kappa shape index (κ2) is 8.82. The fourth-order valence-corrected chi connectivity index (χ4v) is 4.04. The van der Waals surface area contributed by atoms with Crippen molar-refractivity contribution in [3.8, 4) is 5.75 Å². The zero-order valence-electron chi connectivity index (χ0n) is 15.8. The first-order valence-corrected chi connectivity index (χ1v) is 9.98. The van der Waals surface area contributed by atoms with Crippen LogP contribution in [0.15, 0.2) is 60.1 Å². The van der Waals surface area contributed by atoms with Crippen molar-refractivity contribution in [2.75, 3.05) is 6.61 Å². The quantitative estimate of drug-likeness (QED) is 0.566. The number of carbonyl (C=O) groups excluding carboxylic acids is 1. The topological polar surface area (TPSA) is 43.6 Å². The van der Waals surface area contributed by atoms with Gasteiger partial charge in [-0.25, -0.2) is 0 Å². The van der Waals surface area contributed by atoms with Gasteiger partial charge in [-0.3, -0.25) is 4.79 Å². The Labute approximate surface area is 163 Å². The van der Waals surface area contributed by atoms with E-state index in [4.69, 9.17) is 4.74 Å². The van der Waals surface area contributed by atoms with Crippen molar-refractivity contribution in [1.29, 1.82) is 0 Å². The summed E-state index contributed by atoms with van der Waals surface area (Å²) in [5, 5.41) is 0. The van der Waals surface area contributed by atoms with Gasteiger partial charge in [-0.05, 0) is 48.7 Å². The summed E-state index contributed by atoms with van der Waals surface area (Å²) < 4.78 is 8.62. The lowest BCUT2D eigenvalue weighted by molar-refractivity contribution is -0.117. The number of amides is 1. The number of ether oxygens (including phenoxy) is 1. The number of benzene rings is 2. The minimum Gasteiger partial charge on any atom is -0.494 e. The summed E-state index contributed by atoms with van der Waals surface area (Å²) in [6.45, 7) is 9.17. The molecule has 140 valence electrons. The fourth-order valence-electron chi connectivity index (χ4n) is 2.92. The Morgan fingerprint density at radius 3 is 2.59 bits per heavy atom. The third kappa shape index (κ3) is 4.55. The van der Waals surface area contributed by atoms with Gasteiger partial charge >= 0.3 is 0 Å². The molecule has 0 unspecified atom stereocenters. The molecule has 0 saturated carbocycles. The van der Waals surface area contributed by atoms with Crippen molar-refractivity contribution in [2.45, 2.75) is 33.2 Å². The molecule has 3 aromatic rings. The van der Waals surface area contributed by atoms with Crippen molar-refractivity contribution in [3.63, 3.8) is 0 Å². The molecule has 0 aliphatic carbocycles. The van der Waals surface area contributed by atoms with Crippen LogP contribution in [0.5, 0.6) is 5.75 Å². The molecule has 0 fully saturated rings. The van der Waals surface area contributed by atoms with Crippen molar-refractivity contribution in [2.24, 2.45) is 4.99 Å². The molecule has 0 aliphatic rings.